The van der Waals surface area contributed by atoms with Gasteiger partial charge < -0.3 is 25.2 Å². The second-order valence-electron chi connectivity index (χ2n) is 17.1. The molecule has 7 aliphatic rings. The topological polar surface area (TPSA) is 99.1 Å². The van der Waals surface area contributed by atoms with Gasteiger partial charge in [-0.05, 0) is 87.5 Å². The minimum atomic E-state index is -1.15. The lowest BCUT2D eigenvalue weighted by Gasteiger charge is -2.71. The molecule has 6 aliphatic carbocycles. The fourth-order valence-electron chi connectivity index (χ4n) is 12.0. The number of hydrogen-bond donors (Lipinski definition) is 3. The Balaban J connectivity index is 1.16. The number of carbonyl (C=O) groups is 2. The van der Waals surface area contributed by atoms with E-state index >= 15 is 0 Å². The minimum absolute atomic E-state index is 0.0202. The van der Waals surface area contributed by atoms with Crippen LogP contribution in [0.15, 0.2) is 84.5 Å². The second-order valence-corrected chi connectivity index (χ2v) is 17.1. The van der Waals surface area contributed by atoms with Gasteiger partial charge >= 0.3 is 6.03 Å². The molecule has 4 fully saturated rings. The van der Waals surface area contributed by atoms with E-state index in [4.69, 9.17) is 4.74 Å². The molecule has 9 rings (SSSR count). The van der Waals surface area contributed by atoms with Gasteiger partial charge in [0.15, 0.2) is 5.78 Å². The number of ether oxygens (including phenoxy) is 1. The van der Waals surface area contributed by atoms with Gasteiger partial charge in [-0.15, -0.1) is 0 Å². The molecule has 3 N–H and O–H groups in total. The van der Waals surface area contributed by atoms with E-state index in [0.29, 0.717) is 31.6 Å². The van der Waals surface area contributed by atoms with E-state index in [1.165, 1.54) is 0 Å². The summed E-state index contributed by atoms with van der Waals surface area (Å²) in [6, 6.07) is 19.2. The molecular formula is C43H54N2O5. The summed E-state index contributed by atoms with van der Waals surface area (Å²) in [6.07, 6.45) is 13.8. The largest absolute Gasteiger partial charge is 0.393 e. The molecular weight excluding hydrogens is 624 g/mol. The van der Waals surface area contributed by atoms with Crippen LogP contribution in [0.3, 0.4) is 0 Å². The number of hydrogen-bond acceptors (Lipinski definition) is 5. The molecule has 3 saturated carbocycles. The monoisotopic (exact) mass is 678 g/mol. The van der Waals surface area contributed by atoms with E-state index in [1.54, 1.807) is 0 Å². The van der Waals surface area contributed by atoms with Gasteiger partial charge in [-0.25, -0.2) is 4.79 Å². The molecule has 1 saturated heterocycles. The first kappa shape index (κ1) is 33.9. The summed E-state index contributed by atoms with van der Waals surface area (Å²) in [6.45, 7) is 8.00. The first-order chi connectivity index (χ1) is 23.9. The number of Topliss-reactive ketones (excluding diaryl/α,β-unsaturated/α-hetero) is 1. The molecule has 7 nitrogen and oxygen atoms in total. The van der Waals surface area contributed by atoms with E-state index in [9.17, 15) is 19.8 Å². The zero-order valence-corrected chi connectivity index (χ0v) is 29.9. The van der Waals surface area contributed by atoms with Crippen LogP contribution < -0.4 is 5.32 Å². The smallest absolute Gasteiger partial charge is 0.318 e. The van der Waals surface area contributed by atoms with Gasteiger partial charge in [0.05, 0.1) is 30.4 Å². The van der Waals surface area contributed by atoms with Crippen molar-refractivity contribution in [1.82, 2.24) is 10.2 Å². The zero-order chi connectivity index (χ0) is 34.9. The van der Waals surface area contributed by atoms with Gasteiger partial charge in [-0.3, -0.25) is 4.79 Å². The molecule has 2 aromatic rings. The SMILES string of the molecule is C[C@@H](NC(=O)N(C[C@H]1CCCO1)C[C@]1(O)CC[C@H]2[C@]34C=C[C@@]5(C=C3C(=O)c3ccccc3)CC(O)CC[C@]5(C)[C@H]4CC[C@@]21C)c1ccccc1. The number of aliphatic hydroxyl groups excluding tert-OH is 1. The molecule has 10 atom stereocenters. The Kier molecular flexibility index (Phi) is 8.24. The average Bonchev–Trinajstić information content (AvgIpc) is 3.73. The molecule has 1 heterocycles. The number of rotatable bonds is 8. The number of aliphatic hydroxyl groups is 2. The zero-order valence-electron chi connectivity index (χ0n) is 29.9. The first-order valence-corrected chi connectivity index (χ1v) is 19.1. The summed E-state index contributed by atoms with van der Waals surface area (Å²) >= 11 is 0. The van der Waals surface area contributed by atoms with Gasteiger partial charge in [0, 0.05) is 40.5 Å². The molecule has 2 amide bonds. The maximum Gasteiger partial charge on any atom is 0.318 e. The summed E-state index contributed by atoms with van der Waals surface area (Å²) in [4.78, 5) is 30.7. The third-order valence-corrected chi connectivity index (χ3v) is 14.8. The first-order valence-electron chi connectivity index (χ1n) is 19.1. The number of nitrogens with one attached hydrogen (secondary N) is 1. The predicted molar refractivity (Wildman–Crippen MR) is 193 cm³/mol. The minimum Gasteiger partial charge on any atom is -0.393 e. The fourth-order valence-corrected chi connectivity index (χ4v) is 12.0. The average molecular weight is 679 g/mol. The lowest BCUT2D eigenvalue weighted by Crippen LogP contribution is -2.67. The van der Waals surface area contributed by atoms with E-state index < -0.39 is 22.5 Å². The molecule has 0 radical (unpaired) electrons. The van der Waals surface area contributed by atoms with Crippen LogP contribution in [0.1, 0.15) is 101 Å². The maximum absolute atomic E-state index is 14.7. The van der Waals surface area contributed by atoms with Crippen LogP contribution in [0, 0.1) is 33.5 Å². The van der Waals surface area contributed by atoms with Crippen molar-refractivity contribution in [2.24, 2.45) is 33.5 Å². The Morgan fingerprint density at radius 2 is 1.60 bits per heavy atom. The van der Waals surface area contributed by atoms with Crippen molar-refractivity contribution in [3.63, 3.8) is 0 Å². The number of amides is 2. The van der Waals surface area contributed by atoms with Gasteiger partial charge in [0.2, 0.25) is 0 Å². The molecule has 266 valence electrons. The number of nitrogens with zero attached hydrogens (tertiary/aromatic N) is 1. The summed E-state index contributed by atoms with van der Waals surface area (Å²) in [7, 11) is 0. The molecule has 2 spiro atoms. The third-order valence-electron chi connectivity index (χ3n) is 14.8. The molecule has 50 heavy (non-hydrogen) atoms. The molecule has 2 bridgehead atoms. The van der Waals surface area contributed by atoms with Crippen LogP contribution in [0.5, 0.6) is 0 Å². The fraction of sp³-hybridized carbons (Fsp3) is 0.581. The number of urea groups is 1. The Labute approximate surface area is 297 Å². The molecule has 7 heteroatoms. The normalized spacial score (nSPS) is 40.3. The summed E-state index contributed by atoms with van der Waals surface area (Å²) in [5, 5.41) is 27.3. The van der Waals surface area contributed by atoms with Crippen LogP contribution in [0.2, 0.25) is 0 Å². The lowest BCUT2D eigenvalue weighted by atomic mass is 9.32. The van der Waals surface area contributed by atoms with Crippen LogP contribution in [0.4, 0.5) is 4.79 Å². The standard InChI is InChI=1S/C43H54N2O5/c1-29(30-11-6-4-7-12-30)44-38(48)45(27-33-15-10-24-50-33)28-42(49)21-18-36-40(42,3)20-17-35-39(2)19-16-32(46)25-41(39)22-23-43(35,36)34(26-41)37(47)31-13-8-5-9-14-31/h4-9,11-14,22-23,26,29,32-33,35-36,46,49H,10,15-21,24-25,27-28H2,1-3H3,(H,44,48)/t29-,32?,33-,35-,36-,39-,40+,41+,42-,43-/m1/s1. The number of allylic oxidation sites excluding steroid dienone is 4. The molecule has 2 aromatic carbocycles. The van der Waals surface area contributed by atoms with Gasteiger partial charge in [0.25, 0.3) is 0 Å². The van der Waals surface area contributed by atoms with Crippen LogP contribution in [-0.4, -0.2) is 64.4 Å². The molecule has 1 unspecified atom stereocenters. The van der Waals surface area contributed by atoms with Crippen LogP contribution in [0.25, 0.3) is 0 Å². The quantitative estimate of drug-likeness (QED) is 0.200. The summed E-state index contributed by atoms with van der Waals surface area (Å²) in [5.41, 5.74) is -0.103. The van der Waals surface area contributed by atoms with Crippen molar-refractivity contribution in [1.29, 1.82) is 0 Å². The third kappa shape index (κ3) is 4.93. The van der Waals surface area contributed by atoms with Crippen molar-refractivity contribution >= 4 is 11.8 Å². The highest BCUT2D eigenvalue weighted by Crippen LogP contribution is 2.78. The highest BCUT2D eigenvalue weighted by Gasteiger charge is 2.74. The summed E-state index contributed by atoms with van der Waals surface area (Å²) < 4.78 is 6.04. The van der Waals surface area contributed by atoms with Gasteiger partial charge in [0.1, 0.15) is 0 Å². The van der Waals surface area contributed by atoms with E-state index in [2.05, 4.69) is 37.4 Å². The second kappa shape index (κ2) is 12.2. The highest BCUT2D eigenvalue weighted by molar-refractivity contribution is 6.10. The predicted octanol–water partition coefficient (Wildman–Crippen LogP) is 7.41. The van der Waals surface area contributed by atoms with Crippen LogP contribution >= 0.6 is 0 Å². The van der Waals surface area contributed by atoms with Crippen molar-refractivity contribution < 1.29 is 24.5 Å². The van der Waals surface area contributed by atoms with E-state index in [0.717, 1.165) is 56.1 Å². The Morgan fingerprint density at radius 1 is 0.920 bits per heavy atom. The van der Waals surface area contributed by atoms with Crippen molar-refractivity contribution in [3.05, 3.63) is 95.6 Å². The Bertz CT molecular complexity index is 1690. The summed E-state index contributed by atoms with van der Waals surface area (Å²) in [5.74, 6) is 0.306. The van der Waals surface area contributed by atoms with Gasteiger partial charge in [-0.2, -0.15) is 0 Å². The number of benzene rings is 2. The van der Waals surface area contributed by atoms with Crippen molar-refractivity contribution in [2.45, 2.75) is 102 Å². The lowest BCUT2D eigenvalue weighted by molar-refractivity contribution is -0.175. The van der Waals surface area contributed by atoms with Crippen LogP contribution in [-0.2, 0) is 4.74 Å². The highest BCUT2D eigenvalue weighted by atomic mass is 16.5. The Hall–Kier alpha value is -3.26. The van der Waals surface area contributed by atoms with E-state index in [1.807, 2.05) is 72.5 Å². The molecule has 1 aliphatic heterocycles. The number of fused-ring (bicyclic) bond motifs is 1. The maximum atomic E-state index is 14.7. The number of carbonyl (C=O) groups excluding carboxylic acids is 2. The van der Waals surface area contributed by atoms with Crippen molar-refractivity contribution in [2.75, 3.05) is 19.7 Å². The van der Waals surface area contributed by atoms with Crippen molar-refractivity contribution in [3.8, 4) is 0 Å². The van der Waals surface area contributed by atoms with E-state index in [-0.39, 0.29) is 53.2 Å². The van der Waals surface area contributed by atoms with Gasteiger partial charge in [-0.1, -0.05) is 92.7 Å². The number of ketones is 1. The Morgan fingerprint density at radius 3 is 2.32 bits per heavy atom. The molecule has 0 aromatic heterocycles.